The van der Waals surface area contributed by atoms with Crippen LogP contribution >= 0.6 is 35.0 Å². The molecule has 2 aromatic carbocycles. The summed E-state index contributed by atoms with van der Waals surface area (Å²) in [4.78, 5) is 17.3. The van der Waals surface area contributed by atoms with Crippen LogP contribution < -0.4 is 14.8 Å². The van der Waals surface area contributed by atoms with Gasteiger partial charge in [-0.05, 0) is 54.2 Å². The summed E-state index contributed by atoms with van der Waals surface area (Å²) in [7, 11) is 3.12. The second kappa shape index (κ2) is 9.09. The molecule has 1 saturated heterocycles. The summed E-state index contributed by atoms with van der Waals surface area (Å²) in [5.74, 6) is 2.08. The molecule has 0 aliphatic carbocycles. The molecule has 1 fully saturated rings. The number of methoxy groups -OCH3 is 2. The van der Waals surface area contributed by atoms with Crippen LogP contribution in [0.25, 0.3) is 17.4 Å². The SMILES string of the molecule is COc1ccc(N=C2NC(=O)/C(=C\c3ccc(-c4ccc(Cl)c(Cl)c4)o3)S2)c(OC)c1. The minimum Gasteiger partial charge on any atom is -0.497 e. The zero-order valence-electron chi connectivity index (χ0n) is 16.4. The van der Waals surface area contributed by atoms with Gasteiger partial charge in [0.1, 0.15) is 28.7 Å². The fraction of sp³-hybridized carbons (Fsp3) is 0.0909. The number of nitrogens with one attached hydrogen (secondary N) is 1. The van der Waals surface area contributed by atoms with Crippen molar-refractivity contribution in [2.45, 2.75) is 0 Å². The standard InChI is InChI=1S/C22H16Cl2N2O4S/c1-28-13-4-7-17(19(10-13)29-2)25-22-26-21(27)20(31-22)11-14-5-8-18(30-14)12-3-6-15(23)16(24)9-12/h3-11H,1-2H3,(H,25,26,27)/b20-11+. The van der Waals surface area contributed by atoms with Crippen molar-refractivity contribution in [1.29, 1.82) is 0 Å². The monoisotopic (exact) mass is 474 g/mol. The number of ether oxygens (including phenoxy) is 2. The number of rotatable bonds is 5. The number of furan rings is 1. The second-order valence-electron chi connectivity index (χ2n) is 6.35. The predicted octanol–water partition coefficient (Wildman–Crippen LogP) is 6.16. The maximum atomic E-state index is 12.4. The smallest absolute Gasteiger partial charge is 0.264 e. The van der Waals surface area contributed by atoms with Crippen molar-refractivity contribution < 1.29 is 18.7 Å². The molecule has 31 heavy (non-hydrogen) atoms. The highest BCUT2D eigenvalue weighted by Gasteiger charge is 2.25. The lowest BCUT2D eigenvalue weighted by molar-refractivity contribution is -0.115. The molecule has 1 aliphatic heterocycles. The summed E-state index contributed by atoms with van der Waals surface area (Å²) in [6.45, 7) is 0. The van der Waals surface area contributed by atoms with E-state index in [1.807, 2.05) is 6.07 Å². The van der Waals surface area contributed by atoms with Crippen LogP contribution in [0.3, 0.4) is 0 Å². The van der Waals surface area contributed by atoms with Crippen LogP contribution in [0.1, 0.15) is 5.76 Å². The molecular formula is C22H16Cl2N2O4S. The zero-order valence-corrected chi connectivity index (χ0v) is 18.8. The van der Waals surface area contributed by atoms with E-state index in [2.05, 4.69) is 10.3 Å². The van der Waals surface area contributed by atoms with Crippen molar-refractivity contribution in [1.82, 2.24) is 5.32 Å². The van der Waals surface area contributed by atoms with Gasteiger partial charge in [-0.15, -0.1) is 0 Å². The number of halogens is 2. The molecule has 4 rings (SSSR count). The average molecular weight is 475 g/mol. The average Bonchev–Trinajstić information content (AvgIpc) is 3.37. The van der Waals surface area contributed by atoms with E-state index >= 15 is 0 Å². The molecule has 9 heteroatoms. The number of carbonyl (C=O) groups is 1. The van der Waals surface area contributed by atoms with Crippen molar-refractivity contribution in [3.05, 3.63) is 69.2 Å². The number of carbonyl (C=O) groups excluding carboxylic acids is 1. The third-order valence-electron chi connectivity index (χ3n) is 4.36. The normalized spacial score (nSPS) is 16.1. The van der Waals surface area contributed by atoms with E-state index in [4.69, 9.17) is 37.1 Å². The molecule has 1 amide bonds. The highest BCUT2D eigenvalue weighted by Crippen LogP contribution is 2.35. The summed E-state index contributed by atoms with van der Waals surface area (Å²) < 4.78 is 16.4. The van der Waals surface area contributed by atoms with Gasteiger partial charge >= 0.3 is 0 Å². The zero-order chi connectivity index (χ0) is 22.0. The molecule has 0 bridgehead atoms. The molecule has 0 saturated carbocycles. The van der Waals surface area contributed by atoms with E-state index in [1.165, 1.54) is 11.8 Å². The number of amides is 1. The van der Waals surface area contributed by atoms with E-state index in [0.29, 0.717) is 48.8 Å². The maximum absolute atomic E-state index is 12.4. The van der Waals surface area contributed by atoms with Crippen molar-refractivity contribution in [3.63, 3.8) is 0 Å². The van der Waals surface area contributed by atoms with Crippen molar-refractivity contribution >= 4 is 57.8 Å². The summed E-state index contributed by atoms with van der Waals surface area (Å²) >= 11 is 13.3. The highest BCUT2D eigenvalue weighted by atomic mass is 35.5. The molecule has 0 spiro atoms. The Labute approximate surface area is 192 Å². The minimum absolute atomic E-state index is 0.260. The lowest BCUT2D eigenvalue weighted by atomic mass is 10.2. The van der Waals surface area contributed by atoms with Gasteiger partial charge < -0.3 is 19.2 Å². The number of amidine groups is 1. The first-order chi connectivity index (χ1) is 15.0. The van der Waals surface area contributed by atoms with Gasteiger partial charge in [0.05, 0.1) is 29.2 Å². The number of benzene rings is 2. The highest BCUT2D eigenvalue weighted by molar-refractivity contribution is 8.18. The third-order valence-corrected chi connectivity index (χ3v) is 6.01. The molecule has 0 atom stereocenters. The van der Waals surface area contributed by atoms with Crippen LogP contribution in [-0.2, 0) is 4.79 Å². The molecule has 158 valence electrons. The number of hydrogen-bond donors (Lipinski definition) is 1. The number of nitrogens with zero attached hydrogens (tertiary/aromatic N) is 1. The Morgan fingerprint density at radius 2 is 1.87 bits per heavy atom. The maximum Gasteiger partial charge on any atom is 0.264 e. The Kier molecular flexibility index (Phi) is 6.27. The van der Waals surface area contributed by atoms with E-state index < -0.39 is 0 Å². The first-order valence-electron chi connectivity index (χ1n) is 9.03. The van der Waals surface area contributed by atoms with Gasteiger partial charge in [-0.2, -0.15) is 0 Å². The van der Waals surface area contributed by atoms with Gasteiger partial charge in [-0.3, -0.25) is 4.79 Å². The lowest BCUT2D eigenvalue weighted by Gasteiger charge is -2.07. The molecule has 1 aliphatic rings. The molecule has 2 heterocycles. The van der Waals surface area contributed by atoms with Crippen LogP contribution in [0.15, 0.2) is 62.8 Å². The van der Waals surface area contributed by atoms with Gasteiger partial charge in [0.25, 0.3) is 5.91 Å². The van der Waals surface area contributed by atoms with Crippen molar-refractivity contribution in [2.75, 3.05) is 14.2 Å². The molecular weight excluding hydrogens is 459 g/mol. The Morgan fingerprint density at radius 1 is 1.03 bits per heavy atom. The Balaban J connectivity index is 1.55. The van der Waals surface area contributed by atoms with Crippen LogP contribution in [0.4, 0.5) is 5.69 Å². The molecule has 3 aromatic rings. The van der Waals surface area contributed by atoms with E-state index in [0.717, 1.165) is 5.56 Å². The van der Waals surface area contributed by atoms with E-state index in [9.17, 15) is 4.79 Å². The van der Waals surface area contributed by atoms with Crippen LogP contribution in [0.5, 0.6) is 11.5 Å². The van der Waals surface area contributed by atoms with Crippen LogP contribution in [0, 0.1) is 0 Å². The Morgan fingerprint density at radius 3 is 2.61 bits per heavy atom. The minimum atomic E-state index is -0.260. The Hall–Kier alpha value is -2.87. The van der Waals surface area contributed by atoms with E-state index in [1.54, 1.807) is 62.8 Å². The largest absolute Gasteiger partial charge is 0.497 e. The number of aliphatic imine (C=N–C) groups is 1. The quantitative estimate of drug-likeness (QED) is 0.448. The van der Waals surface area contributed by atoms with Gasteiger partial charge in [0, 0.05) is 17.7 Å². The topological polar surface area (TPSA) is 73.1 Å². The van der Waals surface area contributed by atoms with Gasteiger partial charge in [0.2, 0.25) is 0 Å². The Bertz CT molecular complexity index is 1220. The number of thioether (sulfide) groups is 1. The lowest BCUT2D eigenvalue weighted by Crippen LogP contribution is -2.19. The van der Waals surface area contributed by atoms with Crippen LogP contribution in [0.2, 0.25) is 10.0 Å². The summed E-state index contributed by atoms with van der Waals surface area (Å²) in [6, 6.07) is 14.1. The fourth-order valence-electron chi connectivity index (χ4n) is 2.83. The second-order valence-corrected chi connectivity index (χ2v) is 8.20. The van der Waals surface area contributed by atoms with Crippen LogP contribution in [-0.4, -0.2) is 25.3 Å². The predicted molar refractivity (Wildman–Crippen MR) is 125 cm³/mol. The van der Waals surface area contributed by atoms with Gasteiger partial charge in [-0.25, -0.2) is 4.99 Å². The van der Waals surface area contributed by atoms with Crippen molar-refractivity contribution in [2.24, 2.45) is 4.99 Å². The number of hydrogen-bond acceptors (Lipinski definition) is 6. The molecule has 6 nitrogen and oxygen atoms in total. The molecule has 0 unspecified atom stereocenters. The first-order valence-corrected chi connectivity index (χ1v) is 10.6. The molecule has 1 aromatic heterocycles. The summed E-state index contributed by atoms with van der Waals surface area (Å²) in [5, 5.41) is 4.10. The van der Waals surface area contributed by atoms with E-state index in [-0.39, 0.29) is 5.91 Å². The summed E-state index contributed by atoms with van der Waals surface area (Å²) in [6.07, 6.45) is 1.66. The fourth-order valence-corrected chi connectivity index (χ4v) is 3.94. The van der Waals surface area contributed by atoms with Gasteiger partial charge in [-0.1, -0.05) is 23.2 Å². The molecule has 0 radical (unpaired) electrons. The molecule has 1 N–H and O–H groups in total. The summed E-state index contributed by atoms with van der Waals surface area (Å²) in [5.41, 5.74) is 1.36. The van der Waals surface area contributed by atoms with Gasteiger partial charge in [0.15, 0.2) is 5.17 Å². The first kappa shape index (κ1) is 21.4. The third kappa shape index (κ3) is 4.74. The van der Waals surface area contributed by atoms with Crippen molar-refractivity contribution in [3.8, 4) is 22.8 Å².